The van der Waals surface area contributed by atoms with Crippen molar-refractivity contribution in [1.29, 1.82) is 0 Å². The SMILES string of the molecule is COC(=O)c1ccc2c(c1)c(I)c(-c1ccccc1C#Cc1ccc(C(F)(F)F)cc1)n2C. The molecule has 4 aromatic rings. The van der Waals surface area contributed by atoms with E-state index in [1.54, 1.807) is 6.07 Å². The molecule has 0 radical (unpaired) electrons. The topological polar surface area (TPSA) is 31.2 Å². The van der Waals surface area contributed by atoms with Crippen molar-refractivity contribution in [3.05, 3.63) is 92.6 Å². The summed E-state index contributed by atoms with van der Waals surface area (Å²) in [5.41, 5.74) is 3.78. The number of halogens is 4. The molecule has 0 fully saturated rings. The largest absolute Gasteiger partial charge is 0.465 e. The zero-order valence-corrected chi connectivity index (χ0v) is 19.8. The molecule has 0 spiro atoms. The maximum absolute atomic E-state index is 12.8. The Bertz CT molecular complexity index is 1420. The molecule has 0 aliphatic rings. The molecule has 0 amide bonds. The summed E-state index contributed by atoms with van der Waals surface area (Å²) in [4.78, 5) is 12.0. The lowest BCUT2D eigenvalue weighted by Gasteiger charge is -2.08. The van der Waals surface area contributed by atoms with Gasteiger partial charge in [-0.15, -0.1) is 0 Å². The normalized spacial score (nSPS) is 11.2. The molecule has 33 heavy (non-hydrogen) atoms. The predicted molar refractivity (Wildman–Crippen MR) is 130 cm³/mol. The molecule has 0 unspecified atom stereocenters. The number of aryl methyl sites for hydroxylation is 1. The third-order valence-electron chi connectivity index (χ3n) is 5.29. The first kappa shape index (κ1) is 22.9. The van der Waals surface area contributed by atoms with Crippen LogP contribution in [0, 0.1) is 15.4 Å². The summed E-state index contributed by atoms with van der Waals surface area (Å²) in [5, 5.41) is 0.918. The van der Waals surface area contributed by atoms with Crippen molar-refractivity contribution >= 4 is 39.5 Å². The van der Waals surface area contributed by atoms with Gasteiger partial charge in [0.15, 0.2) is 0 Å². The fraction of sp³-hybridized carbons (Fsp3) is 0.115. The summed E-state index contributed by atoms with van der Waals surface area (Å²) in [6.07, 6.45) is -4.38. The van der Waals surface area contributed by atoms with Gasteiger partial charge in [0.05, 0.1) is 23.9 Å². The van der Waals surface area contributed by atoms with Gasteiger partial charge >= 0.3 is 12.1 Å². The summed E-state index contributed by atoms with van der Waals surface area (Å²) in [6.45, 7) is 0. The number of alkyl halides is 3. The van der Waals surface area contributed by atoms with Crippen LogP contribution in [0.4, 0.5) is 13.2 Å². The van der Waals surface area contributed by atoms with Crippen LogP contribution in [0.5, 0.6) is 0 Å². The molecule has 4 rings (SSSR count). The van der Waals surface area contributed by atoms with E-state index in [1.807, 2.05) is 48.0 Å². The third-order valence-corrected chi connectivity index (χ3v) is 6.39. The molecular formula is C26H17F3INO2. The van der Waals surface area contributed by atoms with Gasteiger partial charge < -0.3 is 9.30 Å². The molecule has 3 nitrogen and oxygen atoms in total. The second-order valence-corrected chi connectivity index (χ2v) is 8.39. The van der Waals surface area contributed by atoms with Crippen LogP contribution in [-0.4, -0.2) is 17.6 Å². The minimum Gasteiger partial charge on any atom is -0.465 e. The van der Waals surface area contributed by atoms with E-state index >= 15 is 0 Å². The molecule has 0 aliphatic carbocycles. The smallest absolute Gasteiger partial charge is 0.416 e. The average Bonchev–Trinajstić information content (AvgIpc) is 3.06. The summed E-state index contributed by atoms with van der Waals surface area (Å²) in [7, 11) is 3.29. The van der Waals surface area contributed by atoms with Crippen LogP contribution in [0.25, 0.3) is 22.2 Å². The van der Waals surface area contributed by atoms with E-state index in [9.17, 15) is 18.0 Å². The zero-order valence-electron chi connectivity index (χ0n) is 17.6. The number of esters is 1. The standard InChI is InChI=1S/C26H17F3INO2/c1-31-22-14-11-18(25(32)33-2)15-21(22)23(30)24(31)20-6-4-3-5-17(20)10-7-16-8-12-19(13-9-16)26(27,28)29/h3-6,8-9,11-15H,1-2H3. The van der Waals surface area contributed by atoms with Gasteiger partial charge in [-0.25, -0.2) is 4.79 Å². The fourth-order valence-corrected chi connectivity index (χ4v) is 4.71. The van der Waals surface area contributed by atoms with Crippen molar-refractivity contribution in [2.75, 3.05) is 7.11 Å². The summed E-state index contributed by atoms with van der Waals surface area (Å²) in [5.74, 6) is 5.66. The molecule has 0 saturated heterocycles. The molecule has 7 heteroatoms. The van der Waals surface area contributed by atoms with Crippen molar-refractivity contribution in [1.82, 2.24) is 4.57 Å². The van der Waals surface area contributed by atoms with E-state index < -0.39 is 17.7 Å². The zero-order chi connectivity index (χ0) is 23.8. The number of carbonyl (C=O) groups is 1. The number of nitrogens with zero attached hydrogens (tertiary/aromatic N) is 1. The molecule has 0 saturated carbocycles. The first-order valence-corrected chi connectivity index (χ1v) is 10.9. The Hall–Kier alpha value is -3.25. The highest BCUT2D eigenvalue weighted by Gasteiger charge is 2.29. The molecule has 1 aromatic heterocycles. The number of fused-ring (bicyclic) bond motifs is 1. The maximum atomic E-state index is 12.8. The summed E-state index contributed by atoms with van der Waals surface area (Å²) < 4.78 is 46.2. The Labute approximate surface area is 202 Å². The molecule has 1 heterocycles. The second-order valence-electron chi connectivity index (χ2n) is 7.32. The molecule has 0 N–H and O–H groups in total. The van der Waals surface area contributed by atoms with E-state index in [2.05, 4.69) is 34.4 Å². The highest BCUT2D eigenvalue weighted by Crippen LogP contribution is 2.36. The fourth-order valence-electron chi connectivity index (χ4n) is 3.62. The predicted octanol–water partition coefficient (Wildman–Crippen LogP) is 6.66. The van der Waals surface area contributed by atoms with Crippen molar-refractivity contribution in [3.8, 4) is 23.1 Å². The van der Waals surface area contributed by atoms with Gasteiger partial charge in [0, 0.05) is 38.2 Å². The highest BCUT2D eigenvalue weighted by molar-refractivity contribution is 14.1. The van der Waals surface area contributed by atoms with Crippen LogP contribution < -0.4 is 0 Å². The van der Waals surface area contributed by atoms with Crippen LogP contribution in [-0.2, 0) is 18.0 Å². The van der Waals surface area contributed by atoms with Crippen molar-refractivity contribution < 1.29 is 22.7 Å². The van der Waals surface area contributed by atoms with Crippen LogP contribution in [0.1, 0.15) is 27.0 Å². The highest BCUT2D eigenvalue weighted by atomic mass is 127. The van der Waals surface area contributed by atoms with E-state index in [1.165, 1.54) is 19.2 Å². The average molecular weight is 559 g/mol. The van der Waals surface area contributed by atoms with Gasteiger partial charge in [-0.3, -0.25) is 0 Å². The van der Waals surface area contributed by atoms with Crippen LogP contribution in [0.2, 0.25) is 0 Å². The van der Waals surface area contributed by atoms with Crippen LogP contribution in [0.3, 0.4) is 0 Å². The van der Waals surface area contributed by atoms with Gasteiger partial charge in [-0.05, 0) is 71.1 Å². The van der Waals surface area contributed by atoms with E-state index in [-0.39, 0.29) is 0 Å². The Morgan fingerprint density at radius 1 is 1.00 bits per heavy atom. The number of hydrogen-bond acceptors (Lipinski definition) is 2. The number of rotatable bonds is 2. The van der Waals surface area contributed by atoms with E-state index in [4.69, 9.17) is 4.74 Å². The van der Waals surface area contributed by atoms with Crippen LogP contribution >= 0.6 is 22.6 Å². The minimum absolute atomic E-state index is 0.402. The van der Waals surface area contributed by atoms with E-state index in [0.29, 0.717) is 11.1 Å². The number of ether oxygens (including phenoxy) is 1. The minimum atomic E-state index is -4.38. The van der Waals surface area contributed by atoms with Crippen LogP contribution in [0.15, 0.2) is 66.7 Å². The van der Waals surface area contributed by atoms with Gasteiger partial charge in [0.1, 0.15) is 0 Å². The second kappa shape index (κ2) is 8.94. The van der Waals surface area contributed by atoms with Crippen molar-refractivity contribution in [3.63, 3.8) is 0 Å². The quantitative estimate of drug-likeness (QED) is 0.156. The lowest BCUT2D eigenvalue weighted by Crippen LogP contribution is -2.04. The molecule has 166 valence electrons. The van der Waals surface area contributed by atoms with Gasteiger partial charge in [0.25, 0.3) is 0 Å². The number of benzene rings is 3. The Balaban J connectivity index is 1.79. The first-order chi connectivity index (χ1) is 15.7. The summed E-state index contributed by atoms with van der Waals surface area (Å²) in [6, 6.07) is 17.8. The molecule has 0 atom stereocenters. The van der Waals surface area contributed by atoms with Gasteiger partial charge in [-0.1, -0.05) is 30.0 Å². The molecule has 3 aromatic carbocycles. The van der Waals surface area contributed by atoms with Gasteiger partial charge in [0.2, 0.25) is 0 Å². The molecule has 0 aliphatic heterocycles. The Morgan fingerprint density at radius 3 is 2.36 bits per heavy atom. The monoisotopic (exact) mass is 559 g/mol. The van der Waals surface area contributed by atoms with E-state index in [0.717, 1.165) is 43.4 Å². The number of methoxy groups -OCH3 is 1. The maximum Gasteiger partial charge on any atom is 0.416 e. The van der Waals surface area contributed by atoms with Crippen molar-refractivity contribution in [2.45, 2.75) is 6.18 Å². The number of aromatic nitrogens is 1. The van der Waals surface area contributed by atoms with Gasteiger partial charge in [-0.2, -0.15) is 13.2 Å². The number of carbonyl (C=O) groups excluding carboxylic acids is 1. The third kappa shape index (κ3) is 4.48. The molecular weight excluding hydrogens is 542 g/mol. The van der Waals surface area contributed by atoms with Crippen molar-refractivity contribution in [2.24, 2.45) is 7.05 Å². The summed E-state index contributed by atoms with van der Waals surface area (Å²) >= 11 is 2.26. The Kier molecular flexibility index (Phi) is 6.21. The number of hydrogen-bond donors (Lipinski definition) is 0. The lowest BCUT2D eigenvalue weighted by molar-refractivity contribution is -0.137. The Morgan fingerprint density at radius 2 is 1.70 bits per heavy atom. The first-order valence-electron chi connectivity index (χ1n) is 9.85. The lowest BCUT2D eigenvalue weighted by atomic mass is 10.0. The molecule has 0 bridgehead atoms.